The van der Waals surface area contributed by atoms with Gasteiger partial charge in [0.1, 0.15) is 5.82 Å². The molecule has 0 aliphatic rings. The van der Waals surface area contributed by atoms with Gasteiger partial charge in [-0.2, -0.15) is 0 Å². The van der Waals surface area contributed by atoms with E-state index in [0.29, 0.717) is 12.0 Å². The molecular weight excluding hydrogens is 203 g/mol. The Morgan fingerprint density at radius 3 is 2.38 bits per heavy atom. The molecule has 0 fully saturated rings. The van der Waals surface area contributed by atoms with E-state index >= 15 is 0 Å². The van der Waals surface area contributed by atoms with Crippen molar-refractivity contribution in [3.8, 4) is 0 Å². The molecule has 0 aromatic heterocycles. The number of halogens is 1. The van der Waals surface area contributed by atoms with Crippen molar-refractivity contribution in [3.63, 3.8) is 0 Å². The second-order valence-corrected chi connectivity index (χ2v) is 4.95. The van der Waals surface area contributed by atoms with Gasteiger partial charge in [-0.15, -0.1) is 0 Å². The van der Waals surface area contributed by atoms with Crippen molar-refractivity contribution in [2.75, 3.05) is 14.1 Å². The highest BCUT2D eigenvalue weighted by Gasteiger charge is 2.29. The molecule has 90 valence electrons. The summed E-state index contributed by atoms with van der Waals surface area (Å²) in [6, 6.07) is 6.71. The third-order valence-corrected chi connectivity index (χ3v) is 3.46. The predicted molar refractivity (Wildman–Crippen MR) is 65.8 cm³/mol. The third-order valence-electron chi connectivity index (χ3n) is 3.46. The first-order chi connectivity index (χ1) is 7.35. The Morgan fingerprint density at radius 2 is 1.88 bits per heavy atom. The van der Waals surface area contributed by atoms with E-state index in [4.69, 9.17) is 5.73 Å². The Balaban J connectivity index is 2.79. The van der Waals surface area contributed by atoms with Gasteiger partial charge in [-0.3, -0.25) is 0 Å². The number of rotatable bonds is 4. The Bertz CT molecular complexity index is 348. The molecule has 1 aromatic carbocycles. The van der Waals surface area contributed by atoms with Crippen molar-refractivity contribution < 1.29 is 4.39 Å². The lowest BCUT2D eigenvalue weighted by Crippen LogP contribution is -2.54. The van der Waals surface area contributed by atoms with Gasteiger partial charge >= 0.3 is 0 Å². The van der Waals surface area contributed by atoms with Crippen LogP contribution in [0.2, 0.25) is 0 Å². The lowest BCUT2D eigenvalue weighted by atomic mass is 9.89. The van der Waals surface area contributed by atoms with Gasteiger partial charge in [-0.25, -0.2) is 4.39 Å². The van der Waals surface area contributed by atoms with Crippen molar-refractivity contribution in [2.24, 2.45) is 5.73 Å². The molecule has 1 rings (SSSR count). The Morgan fingerprint density at radius 1 is 1.31 bits per heavy atom. The molecule has 0 bridgehead atoms. The van der Waals surface area contributed by atoms with E-state index in [1.54, 1.807) is 12.1 Å². The Labute approximate surface area is 97.3 Å². The van der Waals surface area contributed by atoms with Gasteiger partial charge in [-0.05, 0) is 46.0 Å². The first-order valence-electron chi connectivity index (χ1n) is 5.52. The number of nitrogens with two attached hydrogens (primary N) is 1. The molecule has 0 heterocycles. The van der Waals surface area contributed by atoms with E-state index in [9.17, 15) is 4.39 Å². The molecule has 0 saturated carbocycles. The molecule has 0 amide bonds. The molecule has 2 nitrogen and oxygen atoms in total. The van der Waals surface area contributed by atoms with Crippen molar-refractivity contribution in [1.29, 1.82) is 0 Å². The van der Waals surface area contributed by atoms with Gasteiger partial charge < -0.3 is 10.6 Å². The summed E-state index contributed by atoms with van der Waals surface area (Å²) >= 11 is 0. The molecule has 0 aliphatic carbocycles. The fourth-order valence-corrected chi connectivity index (χ4v) is 1.48. The topological polar surface area (TPSA) is 29.3 Å². The largest absolute Gasteiger partial charge is 0.326 e. The standard InChI is InChI=1S/C13H21FN2/c1-13(2,16(3)4)12(15)9-10-7-5-6-8-11(10)14/h5-8,12H,9,15H2,1-4H3. The fraction of sp³-hybridized carbons (Fsp3) is 0.538. The zero-order valence-electron chi connectivity index (χ0n) is 10.5. The first-order valence-corrected chi connectivity index (χ1v) is 5.52. The summed E-state index contributed by atoms with van der Waals surface area (Å²) < 4.78 is 13.5. The molecule has 0 radical (unpaired) electrons. The second kappa shape index (κ2) is 4.93. The van der Waals surface area contributed by atoms with Crippen LogP contribution in [0.1, 0.15) is 19.4 Å². The van der Waals surface area contributed by atoms with Crippen molar-refractivity contribution in [3.05, 3.63) is 35.6 Å². The van der Waals surface area contributed by atoms with Crippen LogP contribution in [0.3, 0.4) is 0 Å². The summed E-state index contributed by atoms with van der Waals surface area (Å²) in [6.07, 6.45) is 0.553. The van der Waals surface area contributed by atoms with Crippen LogP contribution < -0.4 is 5.73 Å². The number of hydrogen-bond acceptors (Lipinski definition) is 2. The molecule has 3 heteroatoms. The van der Waals surface area contributed by atoms with E-state index in [0.717, 1.165) is 0 Å². The first kappa shape index (κ1) is 13.1. The molecule has 0 spiro atoms. The Kier molecular flexibility index (Phi) is 4.05. The fourth-order valence-electron chi connectivity index (χ4n) is 1.48. The van der Waals surface area contributed by atoms with Crippen LogP contribution in [0.4, 0.5) is 4.39 Å². The summed E-state index contributed by atoms with van der Waals surface area (Å²) in [7, 11) is 3.97. The quantitative estimate of drug-likeness (QED) is 0.848. The average molecular weight is 224 g/mol. The summed E-state index contributed by atoms with van der Waals surface area (Å²) in [5, 5.41) is 0. The minimum Gasteiger partial charge on any atom is -0.326 e. The maximum Gasteiger partial charge on any atom is 0.126 e. The van der Waals surface area contributed by atoms with E-state index in [2.05, 4.69) is 18.7 Å². The molecule has 0 saturated heterocycles. The monoisotopic (exact) mass is 224 g/mol. The molecule has 1 atom stereocenters. The van der Waals surface area contributed by atoms with Gasteiger partial charge in [0.05, 0.1) is 0 Å². The summed E-state index contributed by atoms with van der Waals surface area (Å²) in [4.78, 5) is 2.07. The zero-order chi connectivity index (χ0) is 12.3. The molecular formula is C13H21FN2. The van der Waals surface area contributed by atoms with Crippen LogP contribution in [0.15, 0.2) is 24.3 Å². The molecule has 0 aliphatic heterocycles. The van der Waals surface area contributed by atoms with Gasteiger partial charge in [0.2, 0.25) is 0 Å². The predicted octanol–water partition coefficient (Wildman–Crippen LogP) is 2.04. The summed E-state index contributed by atoms with van der Waals surface area (Å²) in [6.45, 7) is 4.14. The van der Waals surface area contributed by atoms with E-state index in [1.807, 2.05) is 20.2 Å². The van der Waals surface area contributed by atoms with Crippen LogP contribution in [0.25, 0.3) is 0 Å². The van der Waals surface area contributed by atoms with E-state index in [1.165, 1.54) is 6.07 Å². The van der Waals surface area contributed by atoms with Gasteiger partial charge in [0.25, 0.3) is 0 Å². The van der Waals surface area contributed by atoms with Crippen LogP contribution in [-0.4, -0.2) is 30.6 Å². The zero-order valence-corrected chi connectivity index (χ0v) is 10.5. The van der Waals surface area contributed by atoms with Gasteiger partial charge in [-0.1, -0.05) is 18.2 Å². The number of benzene rings is 1. The third kappa shape index (κ3) is 2.80. The molecule has 2 N–H and O–H groups in total. The summed E-state index contributed by atoms with van der Waals surface area (Å²) in [5.74, 6) is -0.174. The van der Waals surface area contributed by atoms with Gasteiger partial charge in [0.15, 0.2) is 0 Å². The van der Waals surface area contributed by atoms with Crippen molar-refractivity contribution >= 4 is 0 Å². The lowest BCUT2D eigenvalue weighted by Gasteiger charge is -2.38. The van der Waals surface area contributed by atoms with Crippen LogP contribution >= 0.6 is 0 Å². The van der Waals surface area contributed by atoms with E-state index in [-0.39, 0.29) is 17.4 Å². The van der Waals surface area contributed by atoms with Crippen molar-refractivity contribution in [2.45, 2.75) is 31.8 Å². The highest BCUT2D eigenvalue weighted by atomic mass is 19.1. The second-order valence-electron chi connectivity index (χ2n) is 4.95. The van der Waals surface area contributed by atoms with E-state index < -0.39 is 0 Å². The normalized spacial score (nSPS) is 14.2. The number of likely N-dealkylation sites (N-methyl/N-ethyl adjacent to an activating group) is 1. The molecule has 1 aromatic rings. The SMILES string of the molecule is CN(C)C(C)(C)C(N)Cc1ccccc1F. The summed E-state index contributed by atoms with van der Waals surface area (Å²) in [5.41, 5.74) is 6.68. The minimum atomic E-state index is -0.174. The van der Waals surface area contributed by atoms with Crippen molar-refractivity contribution in [1.82, 2.24) is 4.90 Å². The highest BCUT2D eigenvalue weighted by molar-refractivity contribution is 5.19. The van der Waals surface area contributed by atoms with Gasteiger partial charge in [0, 0.05) is 11.6 Å². The average Bonchev–Trinajstić information content (AvgIpc) is 2.21. The van der Waals surface area contributed by atoms with Crippen LogP contribution in [0.5, 0.6) is 0 Å². The number of nitrogens with zero attached hydrogens (tertiary/aromatic N) is 1. The molecule has 1 unspecified atom stereocenters. The smallest absolute Gasteiger partial charge is 0.126 e. The van der Waals surface area contributed by atoms with Crippen LogP contribution in [0, 0.1) is 5.82 Å². The minimum absolute atomic E-state index is 0.0978. The maximum atomic E-state index is 13.5. The highest BCUT2D eigenvalue weighted by Crippen LogP contribution is 2.19. The number of hydrogen-bond donors (Lipinski definition) is 1. The van der Waals surface area contributed by atoms with Crippen LogP contribution in [-0.2, 0) is 6.42 Å². The lowest BCUT2D eigenvalue weighted by molar-refractivity contribution is 0.157. The Hall–Kier alpha value is -0.930. The maximum absolute atomic E-state index is 13.5. The molecule has 16 heavy (non-hydrogen) atoms.